The van der Waals surface area contributed by atoms with Crippen LogP contribution in [-0.4, -0.2) is 83.0 Å². The van der Waals surface area contributed by atoms with Gasteiger partial charge in [-0.15, -0.1) is 0 Å². The molecule has 51 heavy (non-hydrogen) atoms. The van der Waals surface area contributed by atoms with E-state index in [4.69, 9.17) is 19.9 Å². The first kappa shape index (κ1) is 40.8. The molecule has 5 N–H and O–H groups in total. The highest BCUT2D eigenvalue weighted by molar-refractivity contribution is 6.24. The number of amides is 3. The Hall–Kier alpha value is -4.66. The Kier molecular flexibility index (Phi) is 13.6. The minimum absolute atomic E-state index is 0.00109. The summed E-state index contributed by atoms with van der Waals surface area (Å²) in [5.74, 6) is -3.47. The Morgan fingerprint density at radius 2 is 1.78 bits per heavy atom. The van der Waals surface area contributed by atoms with Gasteiger partial charge in [-0.25, -0.2) is 4.79 Å². The molecular formula is C37H51N5O9. The predicted octanol–water partition coefficient (Wildman–Crippen LogP) is 3.22. The molecule has 2 heterocycles. The number of nitrogens with one attached hydrogen (secondary N) is 2. The quantitative estimate of drug-likeness (QED) is 0.260. The molecule has 0 spiro atoms. The fraction of sp³-hybridized carbons (Fsp3) is 0.514. The maximum absolute atomic E-state index is 14.0. The number of aromatic nitrogens is 2. The van der Waals surface area contributed by atoms with Crippen molar-refractivity contribution in [3.05, 3.63) is 75.9 Å². The van der Waals surface area contributed by atoms with Crippen molar-refractivity contribution in [2.75, 3.05) is 14.2 Å². The summed E-state index contributed by atoms with van der Waals surface area (Å²) in [6, 6.07) is 1.63. The third-order valence-corrected chi connectivity index (χ3v) is 8.91. The number of hydrogen-bond acceptors (Lipinski definition) is 10. The number of carbonyl (C=O) groups is 5. The number of ketones is 2. The summed E-state index contributed by atoms with van der Waals surface area (Å²) in [6.45, 7) is 12.7. The molecule has 3 amide bonds. The van der Waals surface area contributed by atoms with Crippen LogP contribution >= 0.6 is 0 Å². The highest BCUT2D eigenvalue weighted by Crippen LogP contribution is 2.29. The standard InChI is InChI=1S/C37H51N5O9/c1-19-14-23-30(40-35(47)25-18-29(37(5,6)7)41-42(25)8)26(43)17-24(32(23)45)39-34(46)20(2)12-11-13-27(49-9)33(51-36(38)48)22(4)16-21(3)31(44)28(15-19)50-10/h11-13,16-19,21,27-28,31,33,44H,14-15H2,1-10H3,(H2,38,48)(H,39,46)(H,40,47)/b13-11-,20-12+,22-16+. The van der Waals surface area contributed by atoms with E-state index < -0.39 is 59.8 Å². The van der Waals surface area contributed by atoms with E-state index in [0.717, 1.165) is 6.08 Å². The lowest BCUT2D eigenvalue weighted by Gasteiger charge is -2.30. The lowest BCUT2D eigenvalue weighted by atomic mass is 9.85. The van der Waals surface area contributed by atoms with Gasteiger partial charge in [0.1, 0.15) is 11.8 Å². The molecule has 0 saturated carbocycles. The number of fused-ring (bicyclic) bond motifs is 2. The molecule has 2 bridgehead atoms. The Balaban J connectivity index is 2.11. The second-order valence-electron chi connectivity index (χ2n) is 14.2. The number of hydrogen-bond donors (Lipinski definition) is 4. The van der Waals surface area contributed by atoms with Gasteiger partial charge >= 0.3 is 6.09 Å². The average Bonchev–Trinajstić information content (AvgIpc) is 3.46. The molecule has 2 aliphatic rings. The van der Waals surface area contributed by atoms with Crippen LogP contribution in [-0.2, 0) is 41.1 Å². The second kappa shape index (κ2) is 17.0. The van der Waals surface area contributed by atoms with Gasteiger partial charge in [0.2, 0.25) is 11.6 Å². The highest BCUT2D eigenvalue weighted by Gasteiger charge is 2.35. The molecule has 1 aromatic heterocycles. The van der Waals surface area contributed by atoms with Gasteiger partial charge < -0.3 is 35.7 Å². The van der Waals surface area contributed by atoms with E-state index in [9.17, 15) is 29.1 Å². The number of allylic oxidation sites excluding steroid dienone is 4. The zero-order valence-electron chi connectivity index (χ0n) is 31.0. The summed E-state index contributed by atoms with van der Waals surface area (Å²) in [7, 11) is 4.48. The van der Waals surface area contributed by atoms with E-state index >= 15 is 0 Å². The smallest absolute Gasteiger partial charge is 0.405 e. The summed E-state index contributed by atoms with van der Waals surface area (Å²) in [5, 5.41) is 21.0. The van der Waals surface area contributed by atoms with E-state index in [-0.39, 0.29) is 52.4 Å². The number of Topliss-reactive ketones (excluding diaryl/α,β-unsaturated/α-hetero) is 1. The van der Waals surface area contributed by atoms with Gasteiger partial charge in [0.15, 0.2) is 6.10 Å². The van der Waals surface area contributed by atoms with Gasteiger partial charge in [-0.2, -0.15) is 5.10 Å². The van der Waals surface area contributed by atoms with Crippen LogP contribution in [0.3, 0.4) is 0 Å². The molecule has 3 rings (SSSR count). The fourth-order valence-corrected chi connectivity index (χ4v) is 5.95. The average molecular weight is 710 g/mol. The third-order valence-electron chi connectivity index (χ3n) is 8.91. The molecular weight excluding hydrogens is 658 g/mol. The van der Waals surface area contributed by atoms with Crippen LogP contribution < -0.4 is 16.4 Å². The molecule has 1 aliphatic carbocycles. The van der Waals surface area contributed by atoms with Crippen LogP contribution in [0.5, 0.6) is 0 Å². The van der Waals surface area contributed by atoms with Crippen molar-refractivity contribution in [3.63, 3.8) is 0 Å². The Morgan fingerprint density at radius 3 is 2.35 bits per heavy atom. The number of rotatable bonds is 5. The van der Waals surface area contributed by atoms with Crippen LogP contribution in [0.15, 0.2) is 64.6 Å². The Bertz CT molecular complexity index is 1690. The predicted molar refractivity (Wildman–Crippen MR) is 189 cm³/mol. The van der Waals surface area contributed by atoms with E-state index in [1.54, 1.807) is 39.1 Å². The number of aryl methyl sites for hydroxylation is 1. The van der Waals surface area contributed by atoms with Crippen LogP contribution in [0.25, 0.3) is 0 Å². The molecule has 14 heteroatoms. The number of nitrogens with two attached hydrogens (primary N) is 1. The zero-order valence-corrected chi connectivity index (χ0v) is 31.0. The molecule has 0 aromatic carbocycles. The van der Waals surface area contributed by atoms with Crippen LogP contribution in [0.4, 0.5) is 4.79 Å². The van der Waals surface area contributed by atoms with E-state index in [0.29, 0.717) is 11.3 Å². The van der Waals surface area contributed by atoms with Gasteiger partial charge in [-0.05, 0) is 44.2 Å². The molecule has 0 saturated heterocycles. The maximum atomic E-state index is 14.0. The van der Waals surface area contributed by atoms with Crippen molar-refractivity contribution in [2.24, 2.45) is 24.6 Å². The Labute approximate surface area is 298 Å². The summed E-state index contributed by atoms with van der Waals surface area (Å²) in [6.07, 6.45) is 2.95. The van der Waals surface area contributed by atoms with Crippen LogP contribution in [0.1, 0.15) is 77.5 Å². The van der Waals surface area contributed by atoms with Crippen molar-refractivity contribution in [1.82, 2.24) is 20.4 Å². The number of nitrogens with zero attached hydrogens (tertiary/aromatic N) is 2. The number of methoxy groups -OCH3 is 2. The fourth-order valence-electron chi connectivity index (χ4n) is 5.95. The van der Waals surface area contributed by atoms with Gasteiger partial charge in [0, 0.05) is 49.8 Å². The number of carbonyl (C=O) groups excluding carboxylic acids is 5. The molecule has 1 aromatic rings. The lowest BCUT2D eigenvalue weighted by molar-refractivity contribution is -0.120. The molecule has 6 unspecified atom stereocenters. The number of ether oxygens (including phenoxy) is 3. The highest BCUT2D eigenvalue weighted by atomic mass is 16.6. The van der Waals surface area contributed by atoms with Crippen molar-refractivity contribution in [1.29, 1.82) is 0 Å². The van der Waals surface area contributed by atoms with Gasteiger partial charge in [-0.1, -0.05) is 58.9 Å². The molecule has 0 radical (unpaired) electrons. The van der Waals surface area contributed by atoms with Crippen molar-refractivity contribution in [2.45, 2.75) is 91.1 Å². The van der Waals surface area contributed by atoms with Gasteiger partial charge in [-0.3, -0.25) is 23.9 Å². The van der Waals surface area contributed by atoms with E-state index in [1.807, 2.05) is 27.7 Å². The third kappa shape index (κ3) is 10.2. The first-order chi connectivity index (χ1) is 23.8. The van der Waals surface area contributed by atoms with Crippen LogP contribution in [0, 0.1) is 11.8 Å². The van der Waals surface area contributed by atoms with E-state index in [1.165, 1.54) is 38.0 Å². The van der Waals surface area contributed by atoms with Gasteiger partial charge in [0.25, 0.3) is 11.8 Å². The first-order valence-corrected chi connectivity index (χ1v) is 16.7. The first-order valence-electron chi connectivity index (χ1n) is 16.7. The Morgan fingerprint density at radius 1 is 1.12 bits per heavy atom. The molecule has 14 nitrogen and oxygen atoms in total. The SMILES string of the molecule is COC1/C=C\C=C(/C)C(=O)NC2=CC(=O)C(NC(=O)c3cc(C(C)(C)C)nn3C)=C(CC(C)CC(OC)C(O)C(C)/C=C(\C)C1OC(N)=O)C2=O. The largest absolute Gasteiger partial charge is 0.439 e. The summed E-state index contributed by atoms with van der Waals surface area (Å²) >= 11 is 0. The minimum atomic E-state index is -1.04. The maximum Gasteiger partial charge on any atom is 0.405 e. The number of aliphatic hydroxyl groups is 1. The zero-order chi connectivity index (χ0) is 38.4. The monoisotopic (exact) mass is 709 g/mol. The van der Waals surface area contributed by atoms with Crippen LogP contribution in [0.2, 0.25) is 0 Å². The molecule has 1 aliphatic heterocycles. The molecule has 6 atom stereocenters. The number of aliphatic hydroxyl groups excluding tert-OH is 1. The van der Waals surface area contributed by atoms with Gasteiger partial charge in [0.05, 0.1) is 29.3 Å². The topological polar surface area (TPSA) is 201 Å². The van der Waals surface area contributed by atoms with Crippen molar-refractivity contribution >= 4 is 29.5 Å². The minimum Gasteiger partial charge on any atom is -0.439 e. The molecule has 278 valence electrons. The summed E-state index contributed by atoms with van der Waals surface area (Å²) < 4.78 is 18.1. The summed E-state index contributed by atoms with van der Waals surface area (Å²) in [5.41, 5.74) is 6.16. The van der Waals surface area contributed by atoms with Crippen molar-refractivity contribution in [3.8, 4) is 0 Å². The summed E-state index contributed by atoms with van der Waals surface area (Å²) in [4.78, 5) is 66.2. The molecule has 0 fully saturated rings. The lowest BCUT2D eigenvalue weighted by Crippen LogP contribution is -2.39. The van der Waals surface area contributed by atoms with E-state index in [2.05, 4.69) is 15.7 Å². The number of primary amides is 1. The van der Waals surface area contributed by atoms with Crippen molar-refractivity contribution < 1.29 is 43.3 Å². The normalized spacial score (nSPS) is 28.5. The second-order valence-corrected chi connectivity index (χ2v) is 14.2.